The molecule has 0 aliphatic rings. The van der Waals surface area contributed by atoms with E-state index in [1.807, 2.05) is 26.0 Å². The Morgan fingerprint density at radius 1 is 1.00 bits per heavy atom. The number of anilines is 1. The van der Waals surface area contributed by atoms with Gasteiger partial charge in [-0.15, -0.1) is 0 Å². The van der Waals surface area contributed by atoms with Gasteiger partial charge in [0, 0.05) is 18.8 Å². The van der Waals surface area contributed by atoms with Gasteiger partial charge in [-0.05, 0) is 55.7 Å². The second kappa shape index (κ2) is 9.86. The van der Waals surface area contributed by atoms with Crippen LogP contribution in [0.15, 0.2) is 41.3 Å². The van der Waals surface area contributed by atoms with Crippen molar-refractivity contribution in [3.8, 4) is 0 Å². The van der Waals surface area contributed by atoms with Crippen LogP contribution < -0.4 is 5.32 Å². The molecule has 0 aromatic heterocycles. The summed E-state index contributed by atoms with van der Waals surface area (Å²) in [6.45, 7) is 9.18. The third-order valence-electron chi connectivity index (χ3n) is 4.96. The molecule has 2 rings (SSSR count). The highest BCUT2D eigenvalue weighted by molar-refractivity contribution is 7.89. The van der Waals surface area contributed by atoms with E-state index in [9.17, 15) is 18.0 Å². The summed E-state index contributed by atoms with van der Waals surface area (Å²) >= 11 is 0. The molecule has 0 bridgehead atoms. The normalized spacial score (nSPS) is 11.4. The van der Waals surface area contributed by atoms with Crippen molar-refractivity contribution in [1.29, 1.82) is 0 Å². The van der Waals surface area contributed by atoms with Crippen molar-refractivity contribution >= 4 is 27.6 Å². The lowest BCUT2D eigenvalue weighted by Gasteiger charge is -2.20. The van der Waals surface area contributed by atoms with Crippen molar-refractivity contribution in [2.75, 3.05) is 25.0 Å². The van der Waals surface area contributed by atoms with Crippen molar-refractivity contribution in [2.45, 2.75) is 39.5 Å². The van der Waals surface area contributed by atoms with Gasteiger partial charge in [-0.25, -0.2) is 13.2 Å². The number of carbonyl (C=O) groups excluding carboxylic acids is 2. The monoisotopic (exact) mass is 432 g/mol. The minimum atomic E-state index is -3.72. The second-order valence-corrected chi connectivity index (χ2v) is 8.85. The van der Waals surface area contributed by atoms with Crippen LogP contribution in [-0.4, -0.2) is 44.3 Å². The maximum Gasteiger partial charge on any atom is 0.338 e. The molecular weight excluding hydrogens is 404 g/mol. The van der Waals surface area contributed by atoms with Gasteiger partial charge in [-0.2, -0.15) is 4.31 Å². The number of carbonyl (C=O) groups is 2. The van der Waals surface area contributed by atoms with Crippen molar-refractivity contribution in [3.63, 3.8) is 0 Å². The van der Waals surface area contributed by atoms with Gasteiger partial charge in [-0.3, -0.25) is 4.79 Å². The standard InChI is InChI=1S/C22H28N2O5S/c1-6-24(7-2)30(27,28)20-13-18(12-11-16(20)4)22(26)29-14-21(25)23-19-10-8-9-15(3)17(19)5/h8-13H,6-7,14H2,1-5H3,(H,23,25). The first-order chi connectivity index (χ1) is 14.1. The van der Waals surface area contributed by atoms with Crippen molar-refractivity contribution in [3.05, 3.63) is 58.7 Å². The van der Waals surface area contributed by atoms with Crippen LogP contribution in [0.3, 0.4) is 0 Å². The molecule has 0 spiro atoms. The summed E-state index contributed by atoms with van der Waals surface area (Å²) in [6, 6.07) is 9.88. The van der Waals surface area contributed by atoms with Crippen molar-refractivity contribution in [1.82, 2.24) is 4.31 Å². The summed E-state index contributed by atoms with van der Waals surface area (Å²) in [5, 5.41) is 2.71. The van der Waals surface area contributed by atoms with Crippen LogP contribution >= 0.6 is 0 Å². The van der Waals surface area contributed by atoms with Gasteiger partial charge in [0.05, 0.1) is 10.5 Å². The highest BCUT2D eigenvalue weighted by Crippen LogP contribution is 2.22. The van der Waals surface area contributed by atoms with E-state index in [-0.39, 0.29) is 10.5 Å². The predicted octanol–water partition coefficient (Wildman–Crippen LogP) is 3.44. The maximum absolute atomic E-state index is 12.8. The molecule has 0 radical (unpaired) electrons. The van der Waals surface area contributed by atoms with Crippen LogP contribution in [0.4, 0.5) is 5.69 Å². The van der Waals surface area contributed by atoms with Crippen LogP contribution in [-0.2, 0) is 19.6 Å². The zero-order valence-electron chi connectivity index (χ0n) is 18.0. The molecule has 0 unspecified atom stereocenters. The lowest BCUT2D eigenvalue weighted by atomic mass is 10.1. The molecule has 1 amide bonds. The highest BCUT2D eigenvalue weighted by Gasteiger charge is 2.25. The lowest BCUT2D eigenvalue weighted by Crippen LogP contribution is -2.31. The topological polar surface area (TPSA) is 92.8 Å². The molecule has 0 saturated carbocycles. The van der Waals surface area contributed by atoms with E-state index in [1.165, 1.54) is 16.4 Å². The largest absolute Gasteiger partial charge is 0.452 e. The Kier molecular flexibility index (Phi) is 7.75. The number of hydrogen-bond acceptors (Lipinski definition) is 5. The fraction of sp³-hybridized carbons (Fsp3) is 0.364. The van der Waals surface area contributed by atoms with Crippen LogP contribution in [0.2, 0.25) is 0 Å². The Labute approximate surface area is 178 Å². The molecule has 2 aromatic carbocycles. The van der Waals surface area contributed by atoms with E-state index >= 15 is 0 Å². The van der Waals surface area contributed by atoms with Gasteiger partial charge in [-0.1, -0.05) is 32.0 Å². The molecule has 0 saturated heterocycles. The predicted molar refractivity (Wildman–Crippen MR) is 116 cm³/mol. The molecule has 0 atom stereocenters. The van der Waals surface area contributed by atoms with E-state index < -0.39 is 28.5 Å². The number of nitrogens with zero attached hydrogens (tertiary/aromatic N) is 1. The number of benzene rings is 2. The van der Waals surface area contributed by atoms with Gasteiger partial charge >= 0.3 is 5.97 Å². The smallest absolute Gasteiger partial charge is 0.338 e. The molecule has 1 N–H and O–H groups in total. The zero-order valence-corrected chi connectivity index (χ0v) is 18.8. The number of ether oxygens (including phenoxy) is 1. The fourth-order valence-electron chi connectivity index (χ4n) is 2.99. The minimum absolute atomic E-state index is 0.0560. The summed E-state index contributed by atoms with van der Waals surface area (Å²) in [4.78, 5) is 24.6. The van der Waals surface area contributed by atoms with Gasteiger partial charge in [0.1, 0.15) is 0 Å². The zero-order chi connectivity index (χ0) is 22.5. The van der Waals surface area contributed by atoms with Crippen LogP contribution in [0, 0.1) is 20.8 Å². The number of esters is 1. The molecule has 2 aromatic rings. The third kappa shape index (κ3) is 5.25. The third-order valence-corrected chi connectivity index (χ3v) is 7.15. The first-order valence-corrected chi connectivity index (χ1v) is 11.2. The van der Waals surface area contributed by atoms with E-state index in [0.29, 0.717) is 24.3 Å². The van der Waals surface area contributed by atoms with E-state index in [1.54, 1.807) is 32.9 Å². The molecule has 8 heteroatoms. The number of aryl methyl sites for hydroxylation is 2. The van der Waals surface area contributed by atoms with Gasteiger partial charge in [0.25, 0.3) is 5.91 Å². The number of rotatable bonds is 8. The molecular formula is C22H28N2O5S. The lowest BCUT2D eigenvalue weighted by molar-refractivity contribution is -0.119. The SMILES string of the molecule is CCN(CC)S(=O)(=O)c1cc(C(=O)OCC(=O)Nc2cccc(C)c2C)ccc1C. The molecule has 0 heterocycles. The van der Waals surface area contributed by atoms with Crippen LogP contribution in [0.25, 0.3) is 0 Å². The van der Waals surface area contributed by atoms with E-state index in [4.69, 9.17) is 4.74 Å². The first-order valence-electron chi connectivity index (χ1n) is 9.75. The average Bonchev–Trinajstić information content (AvgIpc) is 2.70. The van der Waals surface area contributed by atoms with E-state index in [0.717, 1.165) is 11.1 Å². The Bertz CT molecular complexity index is 1040. The van der Waals surface area contributed by atoms with E-state index in [2.05, 4.69) is 5.32 Å². The molecule has 0 fully saturated rings. The number of amides is 1. The Morgan fingerprint density at radius 2 is 1.67 bits per heavy atom. The average molecular weight is 433 g/mol. The van der Waals surface area contributed by atoms with Crippen LogP contribution in [0.5, 0.6) is 0 Å². The maximum atomic E-state index is 12.8. The molecule has 7 nitrogen and oxygen atoms in total. The highest BCUT2D eigenvalue weighted by atomic mass is 32.2. The summed E-state index contributed by atoms with van der Waals surface area (Å²) in [6.07, 6.45) is 0. The van der Waals surface area contributed by atoms with Gasteiger partial charge in [0.2, 0.25) is 10.0 Å². The summed E-state index contributed by atoms with van der Waals surface area (Å²) in [5.74, 6) is -1.23. The first kappa shape index (κ1) is 23.6. The second-order valence-electron chi connectivity index (χ2n) is 6.94. The Morgan fingerprint density at radius 3 is 2.30 bits per heavy atom. The van der Waals surface area contributed by atoms with Gasteiger partial charge < -0.3 is 10.1 Å². The Balaban J connectivity index is 2.12. The fourth-order valence-corrected chi connectivity index (χ4v) is 4.70. The molecule has 162 valence electrons. The summed E-state index contributed by atoms with van der Waals surface area (Å²) in [7, 11) is -3.72. The number of nitrogens with one attached hydrogen (secondary N) is 1. The Hall–Kier alpha value is -2.71. The molecule has 30 heavy (non-hydrogen) atoms. The van der Waals surface area contributed by atoms with Gasteiger partial charge in [0.15, 0.2) is 6.61 Å². The van der Waals surface area contributed by atoms with Crippen LogP contribution in [0.1, 0.15) is 40.9 Å². The number of hydrogen-bond donors (Lipinski definition) is 1. The number of sulfonamides is 1. The van der Waals surface area contributed by atoms with Crippen molar-refractivity contribution < 1.29 is 22.7 Å². The van der Waals surface area contributed by atoms with Crippen molar-refractivity contribution in [2.24, 2.45) is 0 Å². The molecule has 0 aliphatic carbocycles. The minimum Gasteiger partial charge on any atom is -0.452 e. The summed E-state index contributed by atoms with van der Waals surface area (Å²) < 4.78 is 32.1. The summed E-state index contributed by atoms with van der Waals surface area (Å²) in [5.41, 5.74) is 3.23. The quantitative estimate of drug-likeness (QED) is 0.645. The molecule has 0 aliphatic heterocycles.